The number of imide groups is 2. The van der Waals surface area contributed by atoms with E-state index in [0.717, 1.165) is 58.4 Å². The van der Waals surface area contributed by atoms with Gasteiger partial charge in [-0.1, -0.05) is 52.0 Å². The Bertz CT molecular complexity index is 2130. The highest BCUT2D eigenvalue weighted by Crippen LogP contribution is 2.46. The van der Waals surface area contributed by atoms with Crippen molar-refractivity contribution in [1.82, 2.24) is 14.7 Å². The molecule has 3 aliphatic heterocycles. The van der Waals surface area contributed by atoms with Gasteiger partial charge in [0.15, 0.2) is 0 Å². The number of nitrogens with zero attached hydrogens (tertiary/aromatic N) is 3. The molecule has 0 spiro atoms. The number of carbonyl (C=O) groups is 4. The lowest BCUT2D eigenvalue weighted by Gasteiger charge is -2.33. The van der Waals surface area contributed by atoms with E-state index in [1.165, 1.54) is 9.80 Å². The van der Waals surface area contributed by atoms with E-state index in [1.54, 1.807) is 14.0 Å². The molecule has 8 rings (SSSR count). The van der Waals surface area contributed by atoms with Crippen LogP contribution in [0, 0.1) is 11.8 Å². The second-order valence-electron chi connectivity index (χ2n) is 15.9. The first-order valence-corrected chi connectivity index (χ1v) is 19.8. The normalized spacial score (nSPS) is 17.0. The van der Waals surface area contributed by atoms with Gasteiger partial charge in [-0.2, -0.15) is 0 Å². The highest BCUT2D eigenvalue weighted by atomic mass is 16.5. The summed E-state index contributed by atoms with van der Waals surface area (Å²) in [5.41, 5.74) is 2.14. The molecular formula is C45H55N3O8. The Morgan fingerprint density at radius 3 is 1.45 bits per heavy atom. The maximum Gasteiger partial charge on any atom is 0.261 e. The Morgan fingerprint density at radius 2 is 1.09 bits per heavy atom. The highest BCUT2D eigenvalue weighted by molar-refractivity contribution is 6.41. The minimum atomic E-state index is -0.263. The summed E-state index contributed by atoms with van der Waals surface area (Å²) in [6, 6.07) is 15.0. The van der Waals surface area contributed by atoms with Crippen LogP contribution >= 0.6 is 0 Å². The van der Waals surface area contributed by atoms with E-state index < -0.39 is 0 Å². The molecule has 2 unspecified atom stereocenters. The summed E-state index contributed by atoms with van der Waals surface area (Å²) in [6.45, 7) is 16.8. The molecule has 5 aromatic carbocycles. The molecule has 2 atom stereocenters. The van der Waals surface area contributed by atoms with Crippen molar-refractivity contribution >= 4 is 66.7 Å². The molecule has 56 heavy (non-hydrogen) atoms. The van der Waals surface area contributed by atoms with Crippen molar-refractivity contribution in [3.05, 3.63) is 70.8 Å². The molecular weight excluding hydrogens is 711 g/mol. The molecule has 5 aromatic rings. The van der Waals surface area contributed by atoms with Crippen LogP contribution in [-0.4, -0.2) is 120 Å². The molecule has 11 nitrogen and oxygen atoms in total. The standard InChI is InChI=1S/C37H35N3O5.C5H12O.C3H8O2/c1-20(2)19-21(3)40-36(43)28-11-7-24-22-5-9-26-32-27(35(42)39(34(26)41)14-4-13-38-15-17-45-18-16-38)10-6-23(30(22)32)25-8-12-29(37(40)44)33(28)31(24)25;1-4(2)5(3)6;1-5-3-2-4/h5-12,20-21H,4,13-19H2,1-3H3;4-6H,1-3H3;4H,2-3H2,1H3. The van der Waals surface area contributed by atoms with Crippen molar-refractivity contribution in [2.45, 2.75) is 66.5 Å². The average Bonchev–Trinajstić information content (AvgIpc) is 3.17. The summed E-state index contributed by atoms with van der Waals surface area (Å²) in [6.07, 6.45) is 1.29. The van der Waals surface area contributed by atoms with Crippen molar-refractivity contribution in [2.24, 2.45) is 11.8 Å². The number of methoxy groups -OCH3 is 1. The molecule has 0 radical (unpaired) electrons. The van der Waals surface area contributed by atoms with E-state index >= 15 is 0 Å². The van der Waals surface area contributed by atoms with Gasteiger partial charge < -0.3 is 19.7 Å². The summed E-state index contributed by atoms with van der Waals surface area (Å²) >= 11 is 0. The van der Waals surface area contributed by atoms with Crippen LogP contribution in [0.25, 0.3) is 43.1 Å². The Kier molecular flexibility index (Phi) is 12.7. The molecule has 11 heteroatoms. The minimum absolute atomic E-state index is 0.122. The SMILES string of the molecule is CC(C)C(C)O.CC(C)CC(C)N1C(=O)c2ccc3c4ccc5c6c(ccc(c7ccc(c2c37)C1=O)c64)C(=O)N(CCCN1CCOCC1)C5=O.COCCO. The number of fused-ring (bicyclic) bond motifs is 2. The highest BCUT2D eigenvalue weighted by Gasteiger charge is 2.38. The van der Waals surface area contributed by atoms with Gasteiger partial charge in [-0.25, -0.2) is 0 Å². The summed E-state index contributed by atoms with van der Waals surface area (Å²) in [7, 11) is 1.55. The number of rotatable bonds is 10. The number of ether oxygens (including phenoxy) is 2. The largest absolute Gasteiger partial charge is 0.394 e. The Balaban J connectivity index is 0.000000427. The number of amides is 4. The third-order valence-corrected chi connectivity index (χ3v) is 11.2. The molecule has 298 valence electrons. The van der Waals surface area contributed by atoms with Gasteiger partial charge in [-0.05, 0) is 95.1 Å². The summed E-state index contributed by atoms with van der Waals surface area (Å²) in [5.74, 6) is -0.292. The number of hydrogen-bond acceptors (Lipinski definition) is 9. The van der Waals surface area contributed by atoms with Crippen molar-refractivity contribution < 1.29 is 38.9 Å². The Labute approximate surface area is 328 Å². The van der Waals surface area contributed by atoms with Crippen LogP contribution in [0.3, 0.4) is 0 Å². The molecule has 3 heterocycles. The molecule has 1 fully saturated rings. The lowest BCUT2D eigenvalue weighted by molar-refractivity contribution is 0.0352. The third kappa shape index (κ3) is 7.63. The molecule has 0 aliphatic carbocycles. The zero-order valence-electron chi connectivity index (χ0n) is 33.7. The fourth-order valence-corrected chi connectivity index (χ4v) is 8.10. The summed E-state index contributed by atoms with van der Waals surface area (Å²) in [5, 5.41) is 23.3. The quantitative estimate of drug-likeness (QED) is 0.0901. The Hall–Kier alpha value is -4.52. The summed E-state index contributed by atoms with van der Waals surface area (Å²) < 4.78 is 9.88. The number of hydrogen-bond donors (Lipinski definition) is 2. The first-order valence-electron chi connectivity index (χ1n) is 19.8. The van der Waals surface area contributed by atoms with E-state index in [0.29, 0.717) is 77.6 Å². The maximum absolute atomic E-state index is 13.8. The first-order chi connectivity index (χ1) is 26.8. The zero-order chi connectivity index (χ0) is 40.4. The van der Waals surface area contributed by atoms with Crippen LogP contribution in [0.5, 0.6) is 0 Å². The predicted octanol–water partition coefficient (Wildman–Crippen LogP) is 6.73. The van der Waals surface area contributed by atoms with Crippen LogP contribution < -0.4 is 0 Å². The van der Waals surface area contributed by atoms with Crippen LogP contribution in [0.4, 0.5) is 0 Å². The lowest BCUT2D eigenvalue weighted by atomic mass is 9.82. The number of morpholine rings is 1. The number of benzene rings is 5. The van der Waals surface area contributed by atoms with E-state index in [-0.39, 0.29) is 42.4 Å². The number of aliphatic hydroxyl groups is 2. The smallest absolute Gasteiger partial charge is 0.261 e. The van der Waals surface area contributed by atoms with Gasteiger partial charge >= 0.3 is 0 Å². The summed E-state index contributed by atoms with van der Waals surface area (Å²) in [4.78, 5) is 60.4. The van der Waals surface area contributed by atoms with E-state index in [9.17, 15) is 19.2 Å². The predicted molar refractivity (Wildman–Crippen MR) is 220 cm³/mol. The van der Waals surface area contributed by atoms with Gasteiger partial charge in [0, 0.05) is 72.4 Å². The van der Waals surface area contributed by atoms with E-state index in [2.05, 4.69) is 23.5 Å². The van der Waals surface area contributed by atoms with Crippen molar-refractivity contribution in [1.29, 1.82) is 0 Å². The van der Waals surface area contributed by atoms with E-state index in [1.807, 2.05) is 69.3 Å². The van der Waals surface area contributed by atoms with E-state index in [4.69, 9.17) is 14.9 Å². The van der Waals surface area contributed by atoms with Crippen LogP contribution in [0.1, 0.15) is 95.8 Å². The van der Waals surface area contributed by atoms with Gasteiger partial charge in [-0.15, -0.1) is 0 Å². The molecule has 1 saturated heterocycles. The average molecular weight is 766 g/mol. The van der Waals surface area contributed by atoms with Crippen LogP contribution in [0.2, 0.25) is 0 Å². The van der Waals surface area contributed by atoms with Crippen molar-refractivity contribution in [3.8, 4) is 0 Å². The Morgan fingerprint density at radius 1 is 0.661 bits per heavy atom. The van der Waals surface area contributed by atoms with Gasteiger partial charge in [0.2, 0.25) is 0 Å². The topological polar surface area (TPSA) is 137 Å². The molecule has 2 N–H and O–H groups in total. The zero-order valence-corrected chi connectivity index (χ0v) is 33.7. The van der Waals surface area contributed by atoms with Crippen LogP contribution in [-0.2, 0) is 9.47 Å². The van der Waals surface area contributed by atoms with Gasteiger partial charge in [0.1, 0.15) is 0 Å². The van der Waals surface area contributed by atoms with Gasteiger partial charge in [-0.3, -0.25) is 33.9 Å². The maximum atomic E-state index is 13.8. The molecule has 0 aromatic heterocycles. The monoisotopic (exact) mass is 765 g/mol. The number of carbonyl (C=O) groups excluding carboxylic acids is 4. The van der Waals surface area contributed by atoms with Crippen molar-refractivity contribution in [3.63, 3.8) is 0 Å². The van der Waals surface area contributed by atoms with Crippen LogP contribution in [0.15, 0.2) is 48.5 Å². The fraction of sp³-hybridized carbons (Fsp3) is 0.467. The minimum Gasteiger partial charge on any atom is -0.394 e. The van der Waals surface area contributed by atoms with Crippen molar-refractivity contribution in [2.75, 3.05) is 59.7 Å². The molecule has 0 bridgehead atoms. The number of aliphatic hydroxyl groups excluding tert-OH is 2. The fourth-order valence-electron chi connectivity index (χ4n) is 8.10. The second-order valence-corrected chi connectivity index (χ2v) is 15.9. The molecule has 3 aliphatic rings. The molecule has 0 saturated carbocycles. The van der Waals surface area contributed by atoms with Gasteiger partial charge in [0.25, 0.3) is 23.6 Å². The molecule has 4 amide bonds. The third-order valence-electron chi connectivity index (χ3n) is 11.2. The lowest BCUT2D eigenvalue weighted by Crippen LogP contribution is -2.46. The van der Waals surface area contributed by atoms with Gasteiger partial charge in [0.05, 0.1) is 32.5 Å². The first kappa shape index (κ1) is 41.1. The second kappa shape index (κ2) is 17.3.